The first-order valence-electron chi connectivity index (χ1n) is 7.69. The molecule has 1 N–H and O–H groups in total. The molecule has 1 aromatic rings. The smallest absolute Gasteiger partial charge is 0.0255 e. The molecule has 1 aliphatic rings. The molecule has 0 spiro atoms. The molecule has 0 unspecified atom stereocenters. The standard InChI is InChI=1S/C17H28N2/c1-14(2)19(13-15-9-5-4-6-10-15)17-12-8-7-11-16(17)18-3/h4-6,9-10,14,16-18H,7-8,11-13H2,1-3H3/t16-,17-/m1/s1. The summed E-state index contributed by atoms with van der Waals surface area (Å²) >= 11 is 0. The van der Waals surface area contributed by atoms with Gasteiger partial charge < -0.3 is 5.32 Å². The molecule has 2 rings (SSSR count). The lowest BCUT2D eigenvalue weighted by atomic mass is 9.88. The van der Waals surface area contributed by atoms with Crippen molar-refractivity contribution in [3.8, 4) is 0 Å². The van der Waals surface area contributed by atoms with E-state index in [1.165, 1.54) is 31.2 Å². The van der Waals surface area contributed by atoms with Crippen molar-refractivity contribution in [2.45, 2.75) is 64.2 Å². The van der Waals surface area contributed by atoms with E-state index in [2.05, 4.69) is 61.4 Å². The third-order valence-electron chi connectivity index (χ3n) is 4.40. The van der Waals surface area contributed by atoms with Gasteiger partial charge in [0.15, 0.2) is 0 Å². The summed E-state index contributed by atoms with van der Waals surface area (Å²) < 4.78 is 0. The quantitative estimate of drug-likeness (QED) is 0.872. The molecule has 0 radical (unpaired) electrons. The highest BCUT2D eigenvalue weighted by Gasteiger charge is 2.30. The van der Waals surface area contributed by atoms with E-state index in [1.54, 1.807) is 0 Å². The number of benzene rings is 1. The van der Waals surface area contributed by atoms with E-state index in [-0.39, 0.29) is 0 Å². The van der Waals surface area contributed by atoms with Crippen LogP contribution in [0.4, 0.5) is 0 Å². The average molecular weight is 260 g/mol. The minimum Gasteiger partial charge on any atom is -0.315 e. The number of nitrogens with one attached hydrogen (secondary N) is 1. The fraction of sp³-hybridized carbons (Fsp3) is 0.647. The van der Waals surface area contributed by atoms with Crippen LogP contribution in [0.2, 0.25) is 0 Å². The molecule has 0 aliphatic heterocycles. The minimum absolute atomic E-state index is 0.596. The number of likely N-dealkylation sites (N-methyl/N-ethyl adjacent to an activating group) is 1. The van der Waals surface area contributed by atoms with Gasteiger partial charge in [0.05, 0.1) is 0 Å². The topological polar surface area (TPSA) is 15.3 Å². The van der Waals surface area contributed by atoms with Crippen molar-refractivity contribution in [2.24, 2.45) is 0 Å². The number of rotatable bonds is 5. The first-order chi connectivity index (χ1) is 9.22. The lowest BCUT2D eigenvalue weighted by Gasteiger charge is -2.42. The molecule has 2 heteroatoms. The zero-order valence-electron chi connectivity index (χ0n) is 12.6. The summed E-state index contributed by atoms with van der Waals surface area (Å²) in [5.74, 6) is 0. The maximum atomic E-state index is 3.53. The molecule has 0 aromatic heterocycles. The fourth-order valence-electron chi connectivity index (χ4n) is 3.32. The van der Waals surface area contributed by atoms with Crippen molar-refractivity contribution < 1.29 is 0 Å². The first-order valence-corrected chi connectivity index (χ1v) is 7.69. The summed E-state index contributed by atoms with van der Waals surface area (Å²) in [6, 6.07) is 12.8. The second-order valence-corrected chi connectivity index (χ2v) is 6.00. The van der Waals surface area contributed by atoms with Crippen LogP contribution in [-0.2, 0) is 6.54 Å². The molecule has 106 valence electrons. The normalized spacial score (nSPS) is 24.1. The van der Waals surface area contributed by atoms with Gasteiger partial charge in [0, 0.05) is 24.7 Å². The molecule has 0 bridgehead atoms. The molecule has 1 aliphatic carbocycles. The Labute approximate surface area is 118 Å². The number of hydrogen-bond acceptors (Lipinski definition) is 2. The van der Waals surface area contributed by atoms with Gasteiger partial charge in [0.25, 0.3) is 0 Å². The van der Waals surface area contributed by atoms with Gasteiger partial charge in [-0.3, -0.25) is 4.90 Å². The predicted octanol–water partition coefficient (Wildman–Crippen LogP) is 3.43. The summed E-state index contributed by atoms with van der Waals surface area (Å²) in [6.45, 7) is 5.72. The van der Waals surface area contributed by atoms with Crippen LogP contribution < -0.4 is 5.32 Å². The van der Waals surface area contributed by atoms with E-state index >= 15 is 0 Å². The van der Waals surface area contributed by atoms with Gasteiger partial charge >= 0.3 is 0 Å². The van der Waals surface area contributed by atoms with E-state index in [0.717, 1.165) is 6.54 Å². The summed E-state index contributed by atoms with van der Waals surface area (Å²) in [5, 5.41) is 3.53. The highest BCUT2D eigenvalue weighted by Crippen LogP contribution is 2.26. The van der Waals surface area contributed by atoms with Gasteiger partial charge in [0.1, 0.15) is 0 Å². The van der Waals surface area contributed by atoms with Gasteiger partial charge in [-0.15, -0.1) is 0 Å². The molecule has 0 heterocycles. The minimum atomic E-state index is 0.596. The number of nitrogens with zero attached hydrogens (tertiary/aromatic N) is 1. The second-order valence-electron chi connectivity index (χ2n) is 6.00. The lowest BCUT2D eigenvalue weighted by molar-refractivity contribution is 0.0870. The molecule has 2 atom stereocenters. The zero-order valence-corrected chi connectivity index (χ0v) is 12.6. The Balaban J connectivity index is 2.10. The van der Waals surface area contributed by atoms with Crippen LogP contribution in [0.3, 0.4) is 0 Å². The van der Waals surface area contributed by atoms with Crippen molar-refractivity contribution in [2.75, 3.05) is 7.05 Å². The van der Waals surface area contributed by atoms with Gasteiger partial charge in [-0.05, 0) is 39.3 Å². The molecular formula is C17H28N2. The molecular weight excluding hydrogens is 232 g/mol. The van der Waals surface area contributed by atoms with Gasteiger partial charge in [-0.25, -0.2) is 0 Å². The van der Waals surface area contributed by atoms with E-state index in [0.29, 0.717) is 18.1 Å². The van der Waals surface area contributed by atoms with Crippen molar-refractivity contribution >= 4 is 0 Å². The van der Waals surface area contributed by atoms with Crippen LogP contribution in [0, 0.1) is 0 Å². The Morgan fingerprint density at radius 3 is 2.47 bits per heavy atom. The molecule has 1 aromatic carbocycles. The van der Waals surface area contributed by atoms with Crippen LogP contribution in [-0.4, -0.2) is 30.1 Å². The van der Waals surface area contributed by atoms with Gasteiger partial charge in [0.2, 0.25) is 0 Å². The lowest BCUT2D eigenvalue weighted by Crippen LogP contribution is -2.52. The Kier molecular flexibility index (Phi) is 5.41. The van der Waals surface area contributed by atoms with Crippen LogP contribution in [0.1, 0.15) is 45.1 Å². The third-order valence-corrected chi connectivity index (χ3v) is 4.40. The largest absolute Gasteiger partial charge is 0.315 e. The highest BCUT2D eigenvalue weighted by atomic mass is 15.2. The first kappa shape index (κ1) is 14.5. The predicted molar refractivity (Wildman–Crippen MR) is 82.2 cm³/mol. The maximum Gasteiger partial charge on any atom is 0.0255 e. The number of hydrogen-bond donors (Lipinski definition) is 1. The van der Waals surface area contributed by atoms with Crippen molar-refractivity contribution in [3.05, 3.63) is 35.9 Å². The highest BCUT2D eigenvalue weighted by molar-refractivity contribution is 5.15. The Morgan fingerprint density at radius 2 is 1.84 bits per heavy atom. The fourth-order valence-corrected chi connectivity index (χ4v) is 3.32. The molecule has 19 heavy (non-hydrogen) atoms. The maximum absolute atomic E-state index is 3.53. The Hall–Kier alpha value is -0.860. The van der Waals surface area contributed by atoms with Crippen molar-refractivity contribution in [3.63, 3.8) is 0 Å². The summed E-state index contributed by atoms with van der Waals surface area (Å²) in [5.41, 5.74) is 1.43. The molecule has 1 saturated carbocycles. The van der Waals surface area contributed by atoms with Crippen LogP contribution in [0.5, 0.6) is 0 Å². The second kappa shape index (κ2) is 7.06. The summed E-state index contributed by atoms with van der Waals surface area (Å²) in [7, 11) is 2.12. The molecule has 2 nitrogen and oxygen atoms in total. The summed E-state index contributed by atoms with van der Waals surface area (Å²) in [4.78, 5) is 2.68. The average Bonchev–Trinajstić information content (AvgIpc) is 2.45. The SMILES string of the molecule is CN[C@@H]1CCCC[C@H]1N(Cc1ccccc1)C(C)C. The van der Waals surface area contributed by atoms with Crippen molar-refractivity contribution in [1.82, 2.24) is 10.2 Å². The van der Waals surface area contributed by atoms with Gasteiger partial charge in [-0.2, -0.15) is 0 Å². The van der Waals surface area contributed by atoms with Crippen LogP contribution in [0.15, 0.2) is 30.3 Å². The Morgan fingerprint density at radius 1 is 1.16 bits per heavy atom. The molecule has 1 fully saturated rings. The summed E-state index contributed by atoms with van der Waals surface area (Å²) in [6.07, 6.45) is 5.40. The Bertz CT molecular complexity index is 361. The van der Waals surface area contributed by atoms with E-state index < -0.39 is 0 Å². The van der Waals surface area contributed by atoms with E-state index in [9.17, 15) is 0 Å². The van der Waals surface area contributed by atoms with Gasteiger partial charge in [-0.1, -0.05) is 43.2 Å². The zero-order chi connectivity index (χ0) is 13.7. The van der Waals surface area contributed by atoms with Crippen LogP contribution in [0.25, 0.3) is 0 Å². The van der Waals surface area contributed by atoms with Crippen molar-refractivity contribution in [1.29, 1.82) is 0 Å². The third kappa shape index (κ3) is 3.80. The monoisotopic (exact) mass is 260 g/mol. The van der Waals surface area contributed by atoms with E-state index in [1.807, 2.05) is 0 Å². The molecule has 0 saturated heterocycles. The van der Waals surface area contributed by atoms with Crippen LogP contribution >= 0.6 is 0 Å². The van der Waals surface area contributed by atoms with E-state index in [4.69, 9.17) is 0 Å². The molecule has 0 amide bonds.